The number of aromatic nitrogens is 3. The molecule has 4 aromatic rings. The smallest absolute Gasteiger partial charge is 0.244 e. The highest BCUT2D eigenvalue weighted by atomic mass is 15.2. The van der Waals surface area contributed by atoms with Crippen LogP contribution in [0.1, 0.15) is 88.1 Å². The molecule has 2 unspecified atom stereocenters. The Balaban J connectivity index is 1.68. The maximum absolute atomic E-state index is 5.15. The number of hydrogen-bond donors (Lipinski definition) is 0. The lowest BCUT2D eigenvalue weighted by atomic mass is 9.80. The third-order valence-electron chi connectivity index (χ3n) is 8.04. The molecule has 2 aliphatic carbocycles. The molecule has 2 atom stereocenters. The minimum absolute atomic E-state index is 0.0459. The van der Waals surface area contributed by atoms with Gasteiger partial charge in [-0.3, -0.25) is 0 Å². The van der Waals surface area contributed by atoms with Crippen molar-refractivity contribution in [3.63, 3.8) is 0 Å². The lowest BCUT2D eigenvalue weighted by molar-refractivity contribution is -0.483. The Bertz CT molecular complexity index is 1400. The molecule has 1 saturated carbocycles. The van der Waals surface area contributed by atoms with Crippen molar-refractivity contribution in [2.24, 2.45) is 0 Å². The van der Waals surface area contributed by atoms with E-state index in [1.165, 1.54) is 41.2 Å². The average molecular weight is 383 g/mol. The second-order valence-corrected chi connectivity index (χ2v) is 11.1. The van der Waals surface area contributed by atoms with E-state index in [1.807, 2.05) is 0 Å². The van der Waals surface area contributed by atoms with Gasteiger partial charge in [0, 0.05) is 11.0 Å². The zero-order valence-corrected chi connectivity index (χ0v) is 18.0. The first kappa shape index (κ1) is 16.4. The molecule has 1 fully saturated rings. The van der Waals surface area contributed by atoms with Crippen LogP contribution in [0.5, 0.6) is 0 Å². The summed E-state index contributed by atoms with van der Waals surface area (Å²) in [6.45, 7) is 11.6. The monoisotopic (exact) mass is 382 g/mol. The van der Waals surface area contributed by atoms with Crippen LogP contribution in [0.25, 0.3) is 27.6 Å². The van der Waals surface area contributed by atoms with Crippen LogP contribution in [-0.4, -0.2) is 9.55 Å². The fourth-order valence-electron chi connectivity index (χ4n) is 6.79. The molecule has 146 valence electrons. The van der Waals surface area contributed by atoms with Crippen molar-refractivity contribution in [3.8, 4) is 0 Å². The summed E-state index contributed by atoms with van der Waals surface area (Å²) < 4.78 is 4.93. The Morgan fingerprint density at radius 1 is 1.10 bits per heavy atom. The van der Waals surface area contributed by atoms with Gasteiger partial charge in [0.15, 0.2) is 5.52 Å². The number of hydrogen-bond acceptors (Lipinski definition) is 1. The molecule has 2 bridgehead atoms. The molecular formula is C26H28N3+. The van der Waals surface area contributed by atoms with Crippen molar-refractivity contribution in [1.29, 1.82) is 0 Å². The van der Waals surface area contributed by atoms with Gasteiger partial charge >= 0.3 is 5.65 Å². The van der Waals surface area contributed by atoms with E-state index in [0.717, 1.165) is 23.2 Å². The van der Waals surface area contributed by atoms with Crippen LogP contribution >= 0.6 is 0 Å². The van der Waals surface area contributed by atoms with Gasteiger partial charge in [0.25, 0.3) is 0 Å². The highest BCUT2D eigenvalue weighted by molar-refractivity contribution is 6.02. The molecule has 3 heteroatoms. The van der Waals surface area contributed by atoms with Gasteiger partial charge in [-0.1, -0.05) is 26.8 Å². The second-order valence-electron chi connectivity index (χ2n) is 11.1. The van der Waals surface area contributed by atoms with Crippen molar-refractivity contribution in [2.75, 3.05) is 0 Å². The van der Waals surface area contributed by atoms with Crippen LogP contribution in [0.4, 0.5) is 0 Å². The van der Waals surface area contributed by atoms with E-state index >= 15 is 0 Å². The van der Waals surface area contributed by atoms with Gasteiger partial charge in [-0.25, -0.2) is 4.57 Å². The van der Waals surface area contributed by atoms with Crippen molar-refractivity contribution < 1.29 is 4.40 Å². The Labute approximate surface area is 171 Å². The number of fused-ring (bicyclic) bond motifs is 9. The molecule has 29 heavy (non-hydrogen) atoms. The predicted molar refractivity (Wildman–Crippen MR) is 117 cm³/mol. The molecule has 0 spiro atoms. The fraction of sp³-hybridized carbons (Fsp3) is 0.462. The van der Waals surface area contributed by atoms with E-state index in [9.17, 15) is 0 Å². The molecule has 3 aromatic heterocycles. The van der Waals surface area contributed by atoms with Gasteiger partial charge < -0.3 is 0 Å². The summed E-state index contributed by atoms with van der Waals surface area (Å²) in [6.07, 6.45) is 6.38. The number of imidazole rings is 1. The average Bonchev–Trinajstić information content (AvgIpc) is 3.40. The summed E-state index contributed by atoms with van der Waals surface area (Å²) in [5.41, 5.74) is 9.79. The molecule has 3 nitrogen and oxygen atoms in total. The molecule has 1 aliphatic heterocycles. The topological polar surface area (TPSA) is 21.9 Å². The van der Waals surface area contributed by atoms with E-state index in [1.54, 1.807) is 16.7 Å². The Kier molecular flexibility index (Phi) is 2.63. The van der Waals surface area contributed by atoms with Crippen LogP contribution < -0.4 is 4.40 Å². The third-order valence-corrected chi connectivity index (χ3v) is 8.04. The predicted octanol–water partition coefficient (Wildman–Crippen LogP) is 5.69. The molecule has 4 heterocycles. The first-order chi connectivity index (χ1) is 13.8. The standard InChI is InChI=1S/C26H28N3/c1-25(2,3)19-9-8-18-23(27-19)28-11-10-16-13-17-14-6-7-15(12-14)20(17)22-21(16)24(28)29(18)26(22,4)5/h8-11,13-15H,6-7,12H2,1-5H3/q+1. The molecule has 0 N–H and O–H groups in total. The van der Waals surface area contributed by atoms with Gasteiger partial charge in [-0.05, 0) is 79.7 Å². The molecule has 1 aromatic carbocycles. The first-order valence-electron chi connectivity index (χ1n) is 11.1. The van der Waals surface area contributed by atoms with E-state index in [0.29, 0.717) is 0 Å². The van der Waals surface area contributed by atoms with Crippen molar-refractivity contribution in [1.82, 2.24) is 9.55 Å². The molecule has 0 radical (unpaired) electrons. The number of rotatable bonds is 0. The van der Waals surface area contributed by atoms with Crippen LogP contribution in [-0.2, 0) is 11.0 Å². The molecule has 0 saturated heterocycles. The fourth-order valence-corrected chi connectivity index (χ4v) is 6.79. The summed E-state index contributed by atoms with van der Waals surface area (Å²) in [6, 6.07) is 9.39. The number of pyridine rings is 2. The Hall–Kier alpha value is -2.42. The lowest BCUT2D eigenvalue weighted by Crippen LogP contribution is -2.26. The van der Waals surface area contributed by atoms with Crippen molar-refractivity contribution in [2.45, 2.75) is 76.7 Å². The summed E-state index contributed by atoms with van der Waals surface area (Å²) in [5, 5.41) is 2.89. The minimum atomic E-state index is -0.0459. The lowest BCUT2D eigenvalue weighted by Gasteiger charge is -2.27. The third kappa shape index (κ3) is 1.73. The van der Waals surface area contributed by atoms with Gasteiger partial charge in [0.1, 0.15) is 11.2 Å². The van der Waals surface area contributed by atoms with Crippen molar-refractivity contribution >= 4 is 27.6 Å². The van der Waals surface area contributed by atoms with E-state index in [4.69, 9.17) is 4.98 Å². The molecule has 3 aliphatic rings. The van der Waals surface area contributed by atoms with Crippen LogP contribution in [0.3, 0.4) is 0 Å². The van der Waals surface area contributed by atoms with E-state index in [-0.39, 0.29) is 11.0 Å². The zero-order chi connectivity index (χ0) is 19.9. The summed E-state index contributed by atoms with van der Waals surface area (Å²) in [7, 11) is 0. The first-order valence-corrected chi connectivity index (χ1v) is 11.1. The van der Waals surface area contributed by atoms with Gasteiger partial charge in [0.05, 0.1) is 11.6 Å². The molecular weight excluding hydrogens is 354 g/mol. The highest BCUT2D eigenvalue weighted by Crippen LogP contribution is 2.59. The highest BCUT2D eigenvalue weighted by Gasteiger charge is 2.48. The Morgan fingerprint density at radius 3 is 2.69 bits per heavy atom. The van der Waals surface area contributed by atoms with Gasteiger partial charge in [-0.2, -0.15) is 4.40 Å². The molecule has 7 rings (SSSR count). The largest absolute Gasteiger partial charge is 0.307 e. The van der Waals surface area contributed by atoms with Crippen LogP contribution in [0.2, 0.25) is 0 Å². The summed E-state index contributed by atoms with van der Waals surface area (Å²) in [4.78, 5) is 5.15. The van der Waals surface area contributed by atoms with E-state index < -0.39 is 0 Å². The van der Waals surface area contributed by atoms with Gasteiger partial charge in [0.2, 0.25) is 5.65 Å². The number of benzene rings is 1. The maximum Gasteiger partial charge on any atom is 0.307 e. The maximum atomic E-state index is 5.15. The minimum Gasteiger partial charge on any atom is -0.244 e. The quantitative estimate of drug-likeness (QED) is 0.358. The SMILES string of the molecule is CC(C)(C)c1ccc2c(n1)[n+]1ccc3cc4c(c5c3c1n2C5(C)C)C1CCC4C1. The van der Waals surface area contributed by atoms with Crippen LogP contribution in [0.15, 0.2) is 30.5 Å². The normalized spacial score (nSPS) is 23.9. The number of nitrogens with zero attached hydrogens (tertiary/aromatic N) is 3. The van der Waals surface area contributed by atoms with Crippen molar-refractivity contribution in [3.05, 3.63) is 52.8 Å². The summed E-state index contributed by atoms with van der Waals surface area (Å²) in [5.74, 6) is 1.57. The van der Waals surface area contributed by atoms with Gasteiger partial charge in [-0.15, -0.1) is 4.98 Å². The summed E-state index contributed by atoms with van der Waals surface area (Å²) >= 11 is 0. The zero-order valence-electron chi connectivity index (χ0n) is 18.0. The van der Waals surface area contributed by atoms with Crippen LogP contribution in [0, 0.1) is 0 Å². The Morgan fingerprint density at radius 2 is 1.90 bits per heavy atom. The molecule has 0 amide bonds. The van der Waals surface area contributed by atoms with E-state index in [2.05, 4.69) is 74.0 Å². The second kappa shape index (κ2) is 4.66.